The zero-order valence-corrected chi connectivity index (χ0v) is 23.7. The first-order valence-corrected chi connectivity index (χ1v) is 14.9. The summed E-state index contributed by atoms with van der Waals surface area (Å²) in [5.41, 5.74) is 10.0. The Hall–Kier alpha value is -4.89. The van der Waals surface area contributed by atoms with E-state index in [2.05, 4.69) is 114 Å². The van der Waals surface area contributed by atoms with Gasteiger partial charge in [0.05, 0.1) is 17.1 Å². The van der Waals surface area contributed by atoms with E-state index in [0.717, 1.165) is 58.0 Å². The first-order chi connectivity index (χ1) is 20.8. The van der Waals surface area contributed by atoms with Gasteiger partial charge in [-0.1, -0.05) is 135 Å². The van der Waals surface area contributed by atoms with Crippen LogP contribution in [0.15, 0.2) is 140 Å². The molecule has 42 heavy (non-hydrogen) atoms. The Labute approximate surface area is 248 Å². The second-order valence-electron chi connectivity index (χ2n) is 11.2. The lowest BCUT2D eigenvalue weighted by atomic mass is 9.65. The third-order valence-electron chi connectivity index (χ3n) is 8.67. The Balaban J connectivity index is 1.26. The Morgan fingerprint density at radius 1 is 0.429 bits per heavy atom. The molecule has 0 N–H and O–H groups in total. The second-order valence-corrected chi connectivity index (χ2v) is 11.2. The summed E-state index contributed by atoms with van der Waals surface area (Å²) in [4.78, 5) is 14.6. The smallest absolute Gasteiger partial charge is 0.160 e. The fourth-order valence-corrected chi connectivity index (χ4v) is 6.42. The van der Waals surface area contributed by atoms with Crippen LogP contribution >= 0.6 is 0 Å². The van der Waals surface area contributed by atoms with E-state index in [1.165, 1.54) is 30.4 Å². The minimum atomic E-state index is 0.0152. The molecule has 0 spiro atoms. The van der Waals surface area contributed by atoms with Gasteiger partial charge in [0, 0.05) is 33.9 Å². The van der Waals surface area contributed by atoms with Gasteiger partial charge < -0.3 is 0 Å². The molecule has 7 rings (SSSR count). The van der Waals surface area contributed by atoms with Gasteiger partial charge in [0.2, 0.25) is 0 Å². The maximum absolute atomic E-state index is 5.04. The van der Waals surface area contributed by atoms with Crippen LogP contribution in [0.4, 0.5) is 0 Å². The van der Waals surface area contributed by atoms with E-state index in [0.29, 0.717) is 0 Å². The van der Waals surface area contributed by atoms with Crippen LogP contribution in [0, 0.1) is 0 Å². The highest BCUT2D eigenvalue weighted by Crippen LogP contribution is 2.45. The third kappa shape index (κ3) is 5.14. The lowest BCUT2D eigenvalue weighted by molar-refractivity contribution is 0.346. The van der Waals surface area contributed by atoms with Gasteiger partial charge in [-0.05, 0) is 42.2 Å². The Morgan fingerprint density at radius 3 is 1.45 bits per heavy atom. The summed E-state index contributed by atoms with van der Waals surface area (Å²) in [6, 6.07) is 47.1. The number of nitrogens with zero attached hydrogens (tertiary/aromatic N) is 3. The molecule has 4 aromatic carbocycles. The summed E-state index contributed by atoms with van der Waals surface area (Å²) in [5, 5.41) is 0. The average Bonchev–Trinajstić information content (AvgIpc) is 3.10. The molecule has 1 fully saturated rings. The molecule has 2 heterocycles. The van der Waals surface area contributed by atoms with E-state index >= 15 is 0 Å². The number of benzene rings is 4. The van der Waals surface area contributed by atoms with Crippen molar-refractivity contribution >= 4 is 0 Å². The molecule has 0 saturated heterocycles. The van der Waals surface area contributed by atoms with Gasteiger partial charge in [0.25, 0.3) is 0 Å². The van der Waals surface area contributed by atoms with E-state index < -0.39 is 0 Å². The standard InChI is InChI=1S/C39H33N3/c1-4-12-29(13-5-1)36-28-37(30-14-6-2-7-15-30)42-38(41-36)32-19-23-34(24-20-32)39(25-9-3-10-26-39)33-21-17-31(18-22-33)35-16-8-11-27-40-35/h1-2,4-8,11-24,27-28H,3,9-10,25-26H2. The molecular weight excluding hydrogens is 510 g/mol. The topological polar surface area (TPSA) is 38.7 Å². The predicted octanol–water partition coefficient (Wildman–Crippen LogP) is 9.79. The molecule has 204 valence electrons. The van der Waals surface area contributed by atoms with Gasteiger partial charge in [0.1, 0.15) is 0 Å². The van der Waals surface area contributed by atoms with Crippen LogP contribution in [0.1, 0.15) is 43.2 Å². The summed E-state index contributed by atoms with van der Waals surface area (Å²) in [6.07, 6.45) is 7.96. The normalized spacial score (nSPS) is 14.4. The summed E-state index contributed by atoms with van der Waals surface area (Å²) in [7, 11) is 0. The highest BCUT2D eigenvalue weighted by molar-refractivity contribution is 5.72. The van der Waals surface area contributed by atoms with E-state index in [9.17, 15) is 0 Å². The number of aromatic nitrogens is 3. The van der Waals surface area contributed by atoms with Gasteiger partial charge in [-0.3, -0.25) is 4.98 Å². The molecule has 0 unspecified atom stereocenters. The van der Waals surface area contributed by atoms with Crippen LogP contribution in [-0.4, -0.2) is 15.0 Å². The highest BCUT2D eigenvalue weighted by atomic mass is 14.9. The quantitative estimate of drug-likeness (QED) is 0.210. The first-order valence-electron chi connectivity index (χ1n) is 14.9. The molecular formula is C39H33N3. The summed E-state index contributed by atoms with van der Waals surface area (Å²) >= 11 is 0. The van der Waals surface area contributed by atoms with Crippen molar-refractivity contribution in [3.05, 3.63) is 151 Å². The SMILES string of the molecule is c1ccc(-c2cc(-c3ccccc3)nc(-c3ccc(C4(c5ccc(-c6ccccn6)cc5)CCCCC4)cc3)n2)cc1. The van der Waals surface area contributed by atoms with Crippen LogP contribution in [0.25, 0.3) is 45.2 Å². The van der Waals surface area contributed by atoms with Crippen LogP contribution in [0.3, 0.4) is 0 Å². The molecule has 1 aliphatic rings. The summed E-state index contributed by atoms with van der Waals surface area (Å²) in [6.45, 7) is 0. The lowest BCUT2D eigenvalue weighted by Crippen LogP contribution is -2.30. The molecule has 2 aromatic heterocycles. The molecule has 3 nitrogen and oxygen atoms in total. The van der Waals surface area contributed by atoms with Gasteiger partial charge in [0.15, 0.2) is 5.82 Å². The van der Waals surface area contributed by atoms with Crippen LogP contribution < -0.4 is 0 Å². The summed E-state index contributed by atoms with van der Waals surface area (Å²) in [5.74, 6) is 0.749. The van der Waals surface area contributed by atoms with Crippen molar-refractivity contribution in [1.82, 2.24) is 15.0 Å². The molecule has 6 aromatic rings. The first kappa shape index (κ1) is 26.0. The molecule has 1 saturated carbocycles. The zero-order chi connectivity index (χ0) is 28.2. The van der Waals surface area contributed by atoms with E-state index in [1.807, 2.05) is 30.5 Å². The highest BCUT2D eigenvalue weighted by Gasteiger charge is 2.35. The van der Waals surface area contributed by atoms with Gasteiger partial charge >= 0.3 is 0 Å². The van der Waals surface area contributed by atoms with Gasteiger partial charge in [-0.15, -0.1) is 0 Å². The molecule has 1 aliphatic carbocycles. The van der Waals surface area contributed by atoms with Gasteiger partial charge in [-0.25, -0.2) is 9.97 Å². The molecule has 0 bridgehead atoms. The Kier molecular flexibility index (Phi) is 7.15. The minimum Gasteiger partial charge on any atom is -0.256 e. The maximum atomic E-state index is 5.04. The molecule has 0 amide bonds. The summed E-state index contributed by atoms with van der Waals surface area (Å²) < 4.78 is 0. The Bertz CT molecular complexity index is 1700. The van der Waals surface area contributed by atoms with Crippen molar-refractivity contribution in [2.24, 2.45) is 0 Å². The van der Waals surface area contributed by atoms with Crippen molar-refractivity contribution in [3.63, 3.8) is 0 Å². The van der Waals surface area contributed by atoms with E-state index in [4.69, 9.17) is 9.97 Å². The third-order valence-corrected chi connectivity index (χ3v) is 8.67. The Morgan fingerprint density at radius 2 is 0.929 bits per heavy atom. The second kappa shape index (κ2) is 11.5. The van der Waals surface area contributed by atoms with Crippen molar-refractivity contribution in [2.75, 3.05) is 0 Å². The van der Waals surface area contributed by atoms with E-state index in [-0.39, 0.29) is 5.41 Å². The fraction of sp³-hybridized carbons (Fsp3) is 0.154. The monoisotopic (exact) mass is 543 g/mol. The zero-order valence-electron chi connectivity index (χ0n) is 23.7. The van der Waals surface area contributed by atoms with Crippen LogP contribution in [0.5, 0.6) is 0 Å². The average molecular weight is 544 g/mol. The van der Waals surface area contributed by atoms with Gasteiger partial charge in [-0.2, -0.15) is 0 Å². The molecule has 0 aliphatic heterocycles. The van der Waals surface area contributed by atoms with Crippen molar-refractivity contribution in [3.8, 4) is 45.2 Å². The van der Waals surface area contributed by atoms with E-state index in [1.54, 1.807) is 0 Å². The van der Waals surface area contributed by atoms with Crippen molar-refractivity contribution < 1.29 is 0 Å². The number of hydrogen-bond acceptors (Lipinski definition) is 3. The largest absolute Gasteiger partial charge is 0.256 e. The number of rotatable bonds is 6. The number of hydrogen-bond donors (Lipinski definition) is 0. The lowest BCUT2D eigenvalue weighted by Gasteiger charge is -2.39. The molecule has 0 radical (unpaired) electrons. The van der Waals surface area contributed by atoms with Crippen LogP contribution in [-0.2, 0) is 5.41 Å². The fourth-order valence-electron chi connectivity index (χ4n) is 6.42. The minimum absolute atomic E-state index is 0.0152. The number of pyridine rings is 1. The van der Waals surface area contributed by atoms with Crippen molar-refractivity contribution in [1.29, 1.82) is 0 Å². The predicted molar refractivity (Wildman–Crippen MR) is 172 cm³/mol. The van der Waals surface area contributed by atoms with Crippen molar-refractivity contribution in [2.45, 2.75) is 37.5 Å². The molecule has 0 atom stereocenters. The maximum Gasteiger partial charge on any atom is 0.160 e. The molecule has 3 heteroatoms. The van der Waals surface area contributed by atoms with Crippen LogP contribution in [0.2, 0.25) is 0 Å².